The molecule has 0 unspecified atom stereocenters. The van der Waals surface area contributed by atoms with Gasteiger partial charge in [0, 0.05) is 13.5 Å². The summed E-state index contributed by atoms with van der Waals surface area (Å²) in [4.78, 5) is 10.5. The van der Waals surface area contributed by atoms with E-state index in [-0.39, 0.29) is 6.42 Å². The molecule has 0 radical (unpaired) electrons. The fourth-order valence-corrected chi connectivity index (χ4v) is 1.53. The van der Waals surface area contributed by atoms with Crippen molar-refractivity contribution in [2.24, 2.45) is 0 Å². The minimum Gasteiger partial charge on any atom is -0.481 e. The number of hydrogen-bond donors (Lipinski definition) is 2. The standard InChI is InChI=1S/C12H16O4/c1-16-11(10(13)8-12(14)15)7-9-5-3-2-4-6-9/h2-6,10-11,13H,7-8H2,1H3,(H,14,15)/t10-,11+/m1/s1. The van der Waals surface area contributed by atoms with Gasteiger partial charge in [0.2, 0.25) is 0 Å². The van der Waals surface area contributed by atoms with E-state index in [2.05, 4.69) is 0 Å². The second-order valence-corrected chi connectivity index (χ2v) is 3.63. The van der Waals surface area contributed by atoms with E-state index in [1.807, 2.05) is 30.3 Å². The molecule has 1 aromatic carbocycles. The molecule has 2 atom stereocenters. The second-order valence-electron chi connectivity index (χ2n) is 3.63. The van der Waals surface area contributed by atoms with Crippen LogP contribution in [0, 0.1) is 0 Å². The third kappa shape index (κ3) is 4.00. The van der Waals surface area contributed by atoms with Crippen LogP contribution in [0.25, 0.3) is 0 Å². The summed E-state index contributed by atoms with van der Waals surface area (Å²) in [5.74, 6) is -1.03. The Labute approximate surface area is 94.5 Å². The van der Waals surface area contributed by atoms with Gasteiger partial charge >= 0.3 is 5.97 Å². The highest BCUT2D eigenvalue weighted by Gasteiger charge is 2.21. The van der Waals surface area contributed by atoms with E-state index in [0.717, 1.165) is 5.56 Å². The molecule has 4 nitrogen and oxygen atoms in total. The van der Waals surface area contributed by atoms with Gasteiger partial charge in [-0.3, -0.25) is 4.79 Å². The van der Waals surface area contributed by atoms with Crippen molar-refractivity contribution in [3.05, 3.63) is 35.9 Å². The molecule has 1 aromatic rings. The van der Waals surface area contributed by atoms with Crippen LogP contribution < -0.4 is 0 Å². The van der Waals surface area contributed by atoms with Crippen molar-refractivity contribution in [3.8, 4) is 0 Å². The molecule has 0 bridgehead atoms. The Balaban J connectivity index is 2.58. The summed E-state index contributed by atoms with van der Waals surface area (Å²) in [6, 6.07) is 9.52. The fraction of sp³-hybridized carbons (Fsp3) is 0.417. The molecule has 0 saturated heterocycles. The van der Waals surface area contributed by atoms with E-state index in [1.54, 1.807) is 0 Å². The predicted octanol–water partition coefficient (Wildman–Crippen LogP) is 1.08. The first kappa shape index (κ1) is 12.7. The molecule has 0 aromatic heterocycles. The van der Waals surface area contributed by atoms with Crippen molar-refractivity contribution in [1.82, 2.24) is 0 Å². The first-order valence-electron chi connectivity index (χ1n) is 5.10. The molecular formula is C12H16O4. The highest BCUT2D eigenvalue weighted by atomic mass is 16.5. The van der Waals surface area contributed by atoms with E-state index < -0.39 is 18.2 Å². The predicted molar refractivity (Wildman–Crippen MR) is 59.2 cm³/mol. The zero-order valence-electron chi connectivity index (χ0n) is 9.17. The molecule has 0 aliphatic heterocycles. The minimum atomic E-state index is -1.03. The Hall–Kier alpha value is -1.39. The van der Waals surface area contributed by atoms with Crippen LogP contribution in [0.2, 0.25) is 0 Å². The number of carboxylic acid groups (broad SMARTS) is 1. The van der Waals surface area contributed by atoms with Crippen LogP contribution in [-0.2, 0) is 16.0 Å². The Morgan fingerprint density at radius 3 is 2.50 bits per heavy atom. The van der Waals surface area contributed by atoms with Gasteiger partial charge in [0.15, 0.2) is 0 Å². The van der Waals surface area contributed by atoms with Crippen LogP contribution in [0.15, 0.2) is 30.3 Å². The Bertz CT molecular complexity index is 323. The van der Waals surface area contributed by atoms with Crippen molar-refractivity contribution in [1.29, 1.82) is 0 Å². The number of carbonyl (C=O) groups is 1. The van der Waals surface area contributed by atoms with Gasteiger partial charge in [0.25, 0.3) is 0 Å². The molecule has 0 saturated carbocycles. The maximum absolute atomic E-state index is 10.5. The van der Waals surface area contributed by atoms with Crippen molar-refractivity contribution in [3.63, 3.8) is 0 Å². The molecule has 16 heavy (non-hydrogen) atoms. The number of carboxylic acids is 1. The van der Waals surface area contributed by atoms with Crippen LogP contribution in [0.3, 0.4) is 0 Å². The van der Waals surface area contributed by atoms with Gasteiger partial charge in [-0.25, -0.2) is 0 Å². The summed E-state index contributed by atoms with van der Waals surface area (Å²) >= 11 is 0. The summed E-state index contributed by atoms with van der Waals surface area (Å²) in [5.41, 5.74) is 1.01. The summed E-state index contributed by atoms with van der Waals surface area (Å²) in [6.07, 6.45) is -1.27. The number of ether oxygens (including phenoxy) is 1. The van der Waals surface area contributed by atoms with Gasteiger partial charge in [0.1, 0.15) is 0 Å². The molecule has 0 aliphatic carbocycles. The lowest BCUT2D eigenvalue weighted by molar-refractivity contribution is -0.141. The lowest BCUT2D eigenvalue weighted by atomic mass is 10.0. The van der Waals surface area contributed by atoms with E-state index in [9.17, 15) is 9.90 Å². The smallest absolute Gasteiger partial charge is 0.306 e. The summed E-state index contributed by atoms with van der Waals surface area (Å²) < 4.78 is 5.10. The maximum atomic E-state index is 10.5. The van der Waals surface area contributed by atoms with Crippen LogP contribution in [0.5, 0.6) is 0 Å². The number of rotatable bonds is 6. The first-order chi connectivity index (χ1) is 7.63. The van der Waals surface area contributed by atoms with E-state index in [1.165, 1.54) is 7.11 Å². The van der Waals surface area contributed by atoms with Gasteiger partial charge in [-0.15, -0.1) is 0 Å². The SMILES string of the molecule is CO[C@@H](Cc1ccccc1)[C@H](O)CC(=O)O. The van der Waals surface area contributed by atoms with Gasteiger partial charge in [-0.2, -0.15) is 0 Å². The highest BCUT2D eigenvalue weighted by molar-refractivity contribution is 5.67. The van der Waals surface area contributed by atoms with Gasteiger partial charge < -0.3 is 14.9 Å². The largest absolute Gasteiger partial charge is 0.481 e. The molecule has 0 amide bonds. The first-order valence-corrected chi connectivity index (χ1v) is 5.10. The molecule has 2 N–H and O–H groups in total. The maximum Gasteiger partial charge on any atom is 0.306 e. The van der Waals surface area contributed by atoms with Crippen molar-refractivity contribution in [2.45, 2.75) is 25.0 Å². The molecule has 4 heteroatoms. The molecule has 1 rings (SSSR count). The summed E-state index contributed by atoms with van der Waals surface area (Å²) in [5, 5.41) is 18.2. The minimum absolute atomic E-state index is 0.300. The van der Waals surface area contributed by atoms with Gasteiger partial charge in [0.05, 0.1) is 18.6 Å². The normalized spacial score (nSPS) is 14.4. The van der Waals surface area contributed by atoms with E-state index in [0.29, 0.717) is 6.42 Å². The molecule has 88 valence electrons. The van der Waals surface area contributed by atoms with Crippen molar-refractivity contribution in [2.75, 3.05) is 7.11 Å². The fourth-order valence-electron chi connectivity index (χ4n) is 1.53. The lowest BCUT2D eigenvalue weighted by Gasteiger charge is -2.20. The van der Waals surface area contributed by atoms with Crippen LogP contribution in [0.1, 0.15) is 12.0 Å². The number of benzene rings is 1. The number of hydrogen-bond acceptors (Lipinski definition) is 3. The molecule has 0 spiro atoms. The summed E-state index contributed by atoms with van der Waals surface area (Å²) in [7, 11) is 1.47. The monoisotopic (exact) mass is 224 g/mol. The third-order valence-corrected chi connectivity index (χ3v) is 2.40. The number of aliphatic carboxylic acids is 1. The number of aliphatic hydroxyl groups excluding tert-OH is 1. The topological polar surface area (TPSA) is 66.8 Å². The van der Waals surface area contributed by atoms with Crippen molar-refractivity contribution < 1.29 is 19.7 Å². The zero-order valence-corrected chi connectivity index (χ0v) is 9.17. The van der Waals surface area contributed by atoms with Gasteiger partial charge in [-0.1, -0.05) is 30.3 Å². The third-order valence-electron chi connectivity index (χ3n) is 2.40. The quantitative estimate of drug-likeness (QED) is 0.758. The second kappa shape index (κ2) is 6.25. The van der Waals surface area contributed by atoms with Crippen molar-refractivity contribution >= 4 is 5.97 Å². The highest BCUT2D eigenvalue weighted by Crippen LogP contribution is 2.11. The Kier molecular flexibility index (Phi) is 4.95. The Morgan fingerprint density at radius 1 is 1.38 bits per heavy atom. The average molecular weight is 224 g/mol. The molecule has 0 heterocycles. The number of methoxy groups -OCH3 is 1. The number of aliphatic hydroxyl groups is 1. The van der Waals surface area contributed by atoms with E-state index >= 15 is 0 Å². The Morgan fingerprint density at radius 2 is 2.00 bits per heavy atom. The molecule has 0 fully saturated rings. The molecular weight excluding hydrogens is 208 g/mol. The van der Waals surface area contributed by atoms with Crippen LogP contribution in [0.4, 0.5) is 0 Å². The molecule has 0 aliphatic rings. The van der Waals surface area contributed by atoms with Crippen LogP contribution >= 0.6 is 0 Å². The van der Waals surface area contributed by atoms with E-state index in [4.69, 9.17) is 9.84 Å². The summed E-state index contributed by atoms with van der Waals surface area (Å²) in [6.45, 7) is 0. The van der Waals surface area contributed by atoms with Crippen LogP contribution in [-0.4, -0.2) is 35.5 Å². The average Bonchev–Trinajstić information content (AvgIpc) is 2.26. The lowest BCUT2D eigenvalue weighted by Crippen LogP contribution is -2.32. The zero-order chi connectivity index (χ0) is 12.0. The van der Waals surface area contributed by atoms with Gasteiger partial charge in [-0.05, 0) is 5.56 Å².